The van der Waals surface area contributed by atoms with E-state index in [1.807, 2.05) is 42.2 Å². The van der Waals surface area contributed by atoms with Gasteiger partial charge in [0.1, 0.15) is 5.82 Å². The zero-order chi connectivity index (χ0) is 22.1. The average Bonchev–Trinajstić information content (AvgIpc) is 3.34. The van der Waals surface area contributed by atoms with E-state index in [0.717, 1.165) is 55.1 Å². The molecule has 2 aliphatic heterocycles. The van der Waals surface area contributed by atoms with E-state index in [1.54, 1.807) is 0 Å². The molecule has 0 bridgehead atoms. The Labute approximate surface area is 190 Å². The maximum atomic E-state index is 13.1. The molecule has 2 aromatic rings. The second kappa shape index (κ2) is 9.18. The second-order valence-corrected chi connectivity index (χ2v) is 9.79. The van der Waals surface area contributed by atoms with Gasteiger partial charge >= 0.3 is 0 Å². The minimum absolute atomic E-state index is 0.0238. The molecular weight excluding hydrogens is 400 g/mol. The number of H-pyrrole nitrogens is 1. The number of hydrogen-bond acceptors (Lipinski definition) is 4. The fraction of sp³-hybridized carbons (Fsp3) is 0.577. The van der Waals surface area contributed by atoms with Gasteiger partial charge in [-0.1, -0.05) is 49.6 Å². The molecule has 3 heterocycles. The van der Waals surface area contributed by atoms with Crippen LogP contribution in [0.5, 0.6) is 0 Å². The van der Waals surface area contributed by atoms with Gasteiger partial charge in [-0.3, -0.25) is 14.5 Å². The minimum Gasteiger partial charge on any atom is -0.341 e. The molecule has 1 saturated heterocycles. The first-order valence-corrected chi connectivity index (χ1v) is 12.3. The maximum Gasteiger partial charge on any atom is 0.254 e. The lowest BCUT2D eigenvalue weighted by Crippen LogP contribution is -2.42. The van der Waals surface area contributed by atoms with Crippen LogP contribution < -0.4 is 5.56 Å². The summed E-state index contributed by atoms with van der Waals surface area (Å²) >= 11 is 0. The Morgan fingerprint density at radius 2 is 1.88 bits per heavy atom. The fourth-order valence-corrected chi connectivity index (χ4v) is 5.77. The Kier molecular flexibility index (Phi) is 6.13. The third kappa shape index (κ3) is 4.25. The standard InChI is InChI=1S/C26H34N4O2/c1-18(19-8-4-2-5-9-19)26(32)30-14-12-20(16-30)24-27-23-17-29(21-10-6-3-7-11-21)15-13-22(23)25(31)28-24/h2,4-5,8-9,18,20-21H,3,6-7,10-17H2,1H3,(H,27,28,31)/t18-,20+/m0/s1. The Hall–Kier alpha value is -2.47. The minimum atomic E-state index is -0.158. The van der Waals surface area contributed by atoms with E-state index >= 15 is 0 Å². The number of carbonyl (C=O) groups excluding carboxylic acids is 1. The largest absolute Gasteiger partial charge is 0.341 e. The molecular formula is C26H34N4O2. The van der Waals surface area contributed by atoms with E-state index < -0.39 is 0 Å². The number of benzene rings is 1. The van der Waals surface area contributed by atoms with Crippen LogP contribution in [0.25, 0.3) is 0 Å². The molecule has 32 heavy (non-hydrogen) atoms. The molecule has 0 unspecified atom stereocenters. The highest BCUT2D eigenvalue weighted by Gasteiger charge is 2.33. The Bertz CT molecular complexity index is 1010. The summed E-state index contributed by atoms with van der Waals surface area (Å²) in [6.07, 6.45) is 8.16. The Morgan fingerprint density at radius 1 is 1.09 bits per heavy atom. The molecule has 2 atom stereocenters. The first-order chi connectivity index (χ1) is 15.6. The molecule has 1 N–H and O–H groups in total. The van der Waals surface area contributed by atoms with Crippen molar-refractivity contribution in [2.45, 2.75) is 76.3 Å². The first-order valence-electron chi connectivity index (χ1n) is 12.3. The predicted octanol–water partition coefficient (Wildman–Crippen LogP) is 3.58. The van der Waals surface area contributed by atoms with Gasteiger partial charge in [-0.15, -0.1) is 0 Å². The van der Waals surface area contributed by atoms with E-state index in [4.69, 9.17) is 4.98 Å². The lowest BCUT2D eigenvalue weighted by Gasteiger charge is -2.37. The van der Waals surface area contributed by atoms with Crippen LogP contribution in [0.2, 0.25) is 0 Å². The molecule has 0 radical (unpaired) electrons. The van der Waals surface area contributed by atoms with Crippen molar-refractivity contribution >= 4 is 5.91 Å². The summed E-state index contributed by atoms with van der Waals surface area (Å²) in [7, 11) is 0. The van der Waals surface area contributed by atoms with Crippen molar-refractivity contribution in [3.8, 4) is 0 Å². The molecule has 1 amide bonds. The first kappa shape index (κ1) is 21.4. The van der Waals surface area contributed by atoms with Gasteiger partial charge in [-0.2, -0.15) is 0 Å². The van der Waals surface area contributed by atoms with E-state index in [0.29, 0.717) is 12.6 Å². The molecule has 1 aliphatic carbocycles. The van der Waals surface area contributed by atoms with Crippen molar-refractivity contribution in [2.24, 2.45) is 0 Å². The van der Waals surface area contributed by atoms with E-state index in [1.165, 1.54) is 32.1 Å². The molecule has 6 heteroatoms. The predicted molar refractivity (Wildman–Crippen MR) is 125 cm³/mol. The van der Waals surface area contributed by atoms with Crippen molar-refractivity contribution < 1.29 is 4.79 Å². The summed E-state index contributed by atoms with van der Waals surface area (Å²) < 4.78 is 0. The lowest BCUT2D eigenvalue weighted by atomic mass is 9.92. The van der Waals surface area contributed by atoms with Crippen LogP contribution >= 0.6 is 0 Å². The number of amides is 1. The van der Waals surface area contributed by atoms with E-state index in [9.17, 15) is 9.59 Å². The summed E-state index contributed by atoms with van der Waals surface area (Å²) in [6.45, 7) is 5.08. The average molecular weight is 435 g/mol. The van der Waals surface area contributed by atoms with Crippen LogP contribution in [0, 0.1) is 0 Å². The quantitative estimate of drug-likeness (QED) is 0.799. The third-order valence-corrected chi connectivity index (χ3v) is 7.77. The number of likely N-dealkylation sites (tertiary alicyclic amines) is 1. The van der Waals surface area contributed by atoms with Gasteiger partial charge < -0.3 is 9.88 Å². The molecule has 6 nitrogen and oxygen atoms in total. The number of rotatable bonds is 4. The van der Waals surface area contributed by atoms with Gasteiger partial charge in [0.25, 0.3) is 5.56 Å². The van der Waals surface area contributed by atoms with Crippen molar-refractivity contribution in [3.05, 3.63) is 63.3 Å². The number of aromatic amines is 1. The highest BCUT2D eigenvalue weighted by molar-refractivity contribution is 5.83. The fourth-order valence-electron chi connectivity index (χ4n) is 5.77. The van der Waals surface area contributed by atoms with Gasteiger partial charge in [0.2, 0.25) is 5.91 Å². The molecule has 1 aromatic heterocycles. The molecule has 170 valence electrons. The number of fused-ring (bicyclic) bond motifs is 1. The third-order valence-electron chi connectivity index (χ3n) is 7.77. The number of nitrogens with zero attached hydrogens (tertiary/aromatic N) is 3. The van der Waals surface area contributed by atoms with Gasteiger partial charge in [-0.25, -0.2) is 4.98 Å². The Morgan fingerprint density at radius 3 is 2.66 bits per heavy atom. The number of aromatic nitrogens is 2. The van der Waals surface area contributed by atoms with Crippen LogP contribution in [0.3, 0.4) is 0 Å². The van der Waals surface area contributed by atoms with Gasteiger partial charge in [0.05, 0.1) is 11.6 Å². The van der Waals surface area contributed by atoms with E-state index in [2.05, 4.69) is 9.88 Å². The smallest absolute Gasteiger partial charge is 0.254 e. The van der Waals surface area contributed by atoms with Crippen molar-refractivity contribution in [2.75, 3.05) is 19.6 Å². The summed E-state index contributed by atoms with van der Waals surface area (Å²) in [6, 6.07) is 10.6. The van der Waals surface area contributed by atoms with E-state index in [-0.39, 0.29) is 23.3 Å². The Balaban J connectivity index is 1.29. The molecule has 5 rings (SSSR count). The molecule has 1 saturated carbocycles. The molecule has 3 aliphatic rings. The van der Waals surface area contributed by atoms with Gasteiger partial charge in [-0.05, 0) is 38.2 Å². The second-order valence-electron chi connectivity index (χ2n) is 9.79. The van der Waals surface area contributed by atoms with Crippen molar-refractivity contribution in [1.29, 1.82) is 0 Å². The summed E-state index contributed by atoms with van der Waals surface area (Å²) in [4.78, 5) is 38.4. The van der Waals surface area contributed by atoms with Gasteiger partial charge in [0, 0.05) is 43.7 Å². The summed E-state index contributed by atoms with van der Waals surface area (Å²) in [5, 5.41) is 0. The highest BCUT2D eigenvalue weighted by Crippen LogP contribution is 2.30. The topological polar surface area (TPSA) is 69.3 Å². The van der Waals surface area contributed by atoms with Crippen LogP contribution in [0.1, 0.15) is 79.9 Å². The monoisotopic (exact) mass is 434 g/mol. The zero-order valence-corrected chi connectivity index (χ0v) is 19.1. The SMILES string of the molecule is C[C@H](C(=O)N1CC[C@@H](c2nc3c(c(=O)[nH]2)CCN(C2CCCCC2)C3)C1)c1ccccc1. The van der Waals surface area contributed by atoms with Crippen molar-refractivity contribution in [1.82, 2.24) is 19.8 Å². The summed E-state index contributed by atoms with van der Waals surface area (Å²) in [5.41, 5.74) is 2.90. The zero-order valence-electron chi connectivity index (χ0n) is 19.1. The number of carbonyl (C=O) groups is 1. The van der Waals surface area contributed by atoms with Gasteiger partial charge in [0.15, 0.2) is 0 Å². The number of nitrogens with one attached hydrogen (secondary N) is 1. The van der Waals surface area contributed by atoms with Crippen LogP contribution in [0.15, 0.2) is 35.1 Å². The molecule has 0 spiro atoms. The lowest BCUT2D eigenvalue weighted by molar-refractivity contribution is -0.131. The van der Waals surface area contributed by atoms with Crippen LogP contribution in [-0.4, -0.2) is 51.4 Å². The van der Waals surface area contributed by atoms with Crippen LogP contribution in [-0.2, 0) is 17.8 Å². The molecule has 1 aromatic carbocycles. The van der Waals surface area contributed by atoms with Crippen LogP contribution in [0.4, 0.5) is 0 Å². The highest BCUT2D eigenvalue weighted by atomic mass is 16.2. The number of hydrogen-bond donors (Lipinski definition) is 1. The van der Waals surface area contributed by atoms with Crippen molar-refractivity contribution in [3.63, 3.8) is 0 Å². The summed E-state index contributed by atoms with van der Waals surface area (Å²) in [5.74, 6) is 0.865. The maximum absolute atomic E-state index is 13.1. The normalized spacial score (nSPS) is 23.2. The molecule has 2 fully saturated rings.